The predicted molar refractivity (Wildman–Crippen MR) is 162 cm³/mol. The molecular weight excluding hydrogens is 610 g/mol. The van der Waals surface area contributed by atoms with Gasteiger partial charge in [0, 0.05) is 54.0 Å². The number of nitrogens with zero attached hydrogens (tertiary/aromatic N) is 6. The molecule has 0 amide bonds. The van der Waals surface area contributed by atoms with Gasteiger partial charge in [0.1, 0.15) is 22.9 Å². The molecule has 220 valence electrons. The maximum atomic E-state index is 7.41. The summed E-state index contributed by atoms with van der Waals surface area (Å²) >= 11 is 13.7. The van der Waals surface area contributed by atoms with Crippen LogP contribution in [-0.2, 0) is 30.1 Å². The second-order valence-electron chi connectivity index (χ2n) is 10.1. The number of fused-ring (bicyclic) bond motifs is 1. The third-order valence-electron chi connectivity index (χ3n) is 7.91. The lowest BCUT2D eigenvalue weighted by atomic mass is 9.64. The summed E-state index contributed by atoms with van der Waals surface area (Å²) in [6.45, 7) is -0.0329. The Labute approximate surface area is 261 Å². The first-order chi connectivity index (χ1) is 20.9. The van der Waals surface area contributed by atoms with Crippen LogP contribution in [0.1, 0.15) is 23.0 Å². The number of anilines is 1. The van der Waals surface area contributed by atoms with Crippen molar-refractivity contribution in [1.82, 2.24) is 29.9 Å². The summed E-state index contributed by atoms with van der Waals surface area (Å²) in [5.74, 6) is 0. The van der Waals surface area contributed by atoms with Crippen LogP contribution in [0.2, 0.25) is 0 Å². The number of halogens is 1. The highest BCUT2D eigenvalue weighted by Gasteiger charge is 2.75. The van der Waals surface area contributed by atoms with Gasteiger partial charge in [-0.15, -0.1) is 29.1 Å². The summed E-state index contributed by atoms with van der Waals surface area (Å²) in [5.41, 5.74) is 5.22. The maximum absolute atomic E-state index is 7.41. The largest absolute Gasteiger partial charge is 0.375 e. The van der Waals surface area contributed by atoms with Gasteiger partial charge in [0.05, 0.1) is 12.8 Å². The number of thiazole rings is 1. The average molecular weight is 636 g/mol. The number of nitrogens with two attached hydrogens (primary N) is 1. The van der Waals surface area contributed by atoms with Gasteiger partial charge in [-0.05, 0) is 12.1 Å². The van der Waals surface area contributed by atoms with E-state index in [0.29, 0.717) is 27.6 Å². The summed E-state index contributed by atoms with van der Waals surface area (Å²) < 4.78 is 27.9. The van der Waals surface area contributed by atoms with E-state index in [1.54, 1.807) is 42.8 Å². The molecule has 6 atom stereocenters. The molecule has 7 rings (SSSR count). The third kappa shape index (κ3) is 4.30. The molecule has 0 saturated carbocycles. The van der Waals surface area contributed by atoms with Crippen molar-refractivity contribution < 1.29 is 18.9 Å². The van der Waals surface area contributed by atoms with Crippen LogP contribution < -0.4 is 5.73 Å². The predicted octanol–water partition coefficient (Wildman–Crippen LogP) is 4.39. The lowest BCUT2D eigenvalue weighted by Crippen LogP contribution is -2.77. The van der Waals surface area contributed by atoms with Gasteiger partial charge in [0.2, 0.25) is 0 Å². The van der Waals surface area contributed by atoms with Gasteiger partial charge in [-0.3, -0.25) is 9.97 Å². The molecule has 2 unspecified atom stereocenters. The number of alkyl halides is 1. The number of rotatable bonds is 6. The zero-order valence-electron chi connectivity index (χ0n) is 22.7. The Morgan fingerprint density at radius 3 is 2.44 bits per heavy atom. The normalized spacial score (nSPS) is 30.5. The topological polar surface area (TPSA) is 132 Å². The first kappa shape index (κ1) is 28.3. The quantitative estimate of drug-likeness (QED) is 0.204. The molecule has 2 aliphatic heterocycles. The number of nitrogen functional groups attached to an aromatic ring is 1. The highest BCUT2D eigenvalue weighted by atomic mass is 35.5. The minimum atomic E-state index is -1.55. The van der Waals surface area contributed by atoms with E-state index in [-0.39, 0.29) is 6.61 Å². The molecule has 14 heteroatoms. The summed E-state index contributed by atoms with van der Waals surface area (Å²) in [4.78, 5) is 13.3. The SMILES string of the molecule is CO[C@@]1(c2cccnc2)[C@@H](S)O[C@@]2(Cl)COC(c3ccccc3)O[C@@H]2C1(c1cccnc1)n1cc(-c2csc(N)n2)nn1. The monoisotopic (exact) mass is 635 g/mol. The fraction of sp³-hybridized carbons (Fsp3) is 0.276. The Hall–Kier alpha value is -3.43. The molecule has 11 nitrogen and oxygen atoms in total. The molecule has 2 fully saturated rings. The van der Waals surface area contributed by atoms with Crippen molar-refractivity contribution in [3.63, 3.8) is 0 Å². The van der Waals surface area contributed by atoms with Crippen molar-refractivity contribution in [2.24, 2.45) is 0 Å². The van der Waals surface area contributed by atoms with Crippen LogP contribution >= 0.6 is 35.6 Å². The Morgan fingerprint density at radius 2 is 1.79 bits per heavy atom. The minimum absolute atomic E-state index is 0.0329. The molecule has 0 radical (unpaired) electrons. The third-order valence-corrected chi connectivity index (χ3v) is 9.45. The molecule has 2 aliphatic rings. The molecule has 2 saturated heterocycles. The van der Waals surface area contributed by atoms with Crippen molar-refractivity contribution in [2.75, 3.05) is 19.5 Å². The van der Waals surface area contributed by atoms with E-state index in [0.717, 1.165) is 5.56 Å². The average Bonchev–Trinajstić information content (AvgIpc) is 3.71. The molecule has 6 heterocycles. The minimum Gasteiger partial charge on any atom is -0.375 e. The number of hydrogen-bond donors (Lipinski definition) is 2. The lowest BCUT2D eigenvalue weighted by molar-refractivity contribution is -0.361. The van der Waals surface area contributed by atoms with Crippen LogP contribution in [0.3, 0.4) is 0 Å². The summed E-state index contributed by atoms with van der Waals surface area (Å²) in [7, 11) is 1.58. The molecule has 1 aromatic carbocycles. The Bertz CT molecular complexity index is 1720. The molecule has 4 aromatic heterocycles. The van der Waals surface area contributed by atoms with Crippen molar-refractivity contribution in [2.45, 2.75) is 34.0 Å². The molecule has 0 bridgehead atoms. The first-order valence-electron chi connectivity index (χ1n) is 13.3. The number of pyridine rings is 2. The Balaban J connectivity index is 1.55. The van der Waals surface area contributed by atoms with Gasteiger partial charge in [-0.25, -0.2) is 9.67 Å². The molecule has 43 heavy (non-hydrogen) atoms. The summed E-state index contributed by atoms with van der Waals surface area (Å²) in [5, 5.41) is 9.89. The summed E-state index contributed by atoms with van der Waals surface area (Å²) in [6.07, 6.45) is 6.76. The van der Waals surface area contributed by atoms with Gasteiger partial charge in [0.15, 0.2) is 27.6 Å². The highest BCUT2D eigenvalue weighted by Crippen LogP contribution is 2.62. The number of hydrogen-bond acceptors (Lipinski definition) is 12. The second kappa shape index (κ2) is 10.9. The van der Waals surface area contributed by atoms with Gasteiger partial charge in [-0.1, -0.05) is 59.3 Å². The number of aromatic nitrogens is 6. The number of thiol groups is 1. The van der Waals surface area contributed by atoms with Gasteiger partial charge >= 0.3 is 0 Å². The standard InChI is InChI=1S/C29H26ClN7O4S2/c1-38-29(20-10-6-12-33-14-20)25(42)41-27(30)17-39-23(18-7-3-2-4-8-18)40-24(27)28(29,19-9-5-11-32-13-19)37-15-21(35-36-37)22-16-43-26(31)34-22/h2-16,23-25,42H,17H2,1H3,(H2,31,34)/t23?,24-,25+,27-,28?,29-/m0/s1. The Kier molecular flexibility index (Phi) is 7.21. The van der Waals surface area contributed by atoms with E-state index in [1.807, 2.05) is 60.0 Å². The van der Waals surface area contributed by atoms with E-state index in [1.165, 1.54) is 11.3 Å². The molecule has 5 aromatic rings. The smallest absolute Gasteiger partial charge is 0.195 e. The van der Waals surface area contributed by atoms with Crippen LogP contribution in [0.15, 0.2) is 91.0 Å². The van der Waals surface area contributed by atoms with Crippen LogP contribution in [-0.4, -0.2) is 60.3 Å². The number of benzene rings is 1. The highest BCUT2D eigenvalue weighted by molar-refractivity contribution is 7.80. The molecule has 2 N–H and O–H groups in total. The van der Waals surface area contributed by atoms with Crippen LogP contribution in [0.4, 0.5) is 5.13 Å². The van der Waals surface area contributed by atoms with Crippen molar-refractivity contribution in [3.05, 3.63) is 108 Å². The van der Waals surface area contributed by atoms with E-state index in [2.05, 4.69) is 20.1 Å². The lowest BCUT2D eigenvalue weighted by Gasteiger charge is -2.63. The second-order valence-corrected chi connectivity index (χ2v) is 12.1. The first-order valence-corrected chi connectivity index (χ1v) is 15.1. The molecule has 0 aliphatic carbocycles. The molecule has 0 spiro atoms. The van der Waals surface area contributed by atoms with Crippen molar-refractivity contribution >= 4 is 40.7 Å². The van der Waals surface area contributed by atoms with Crippen LogP contribution in [0.25, 0.3) is 11.4 Å². The van der Waals surface area contributed by atoms with Gasteiger partial charge in [-0.2, -0.15) is 0 Å². The zero-order chi connectivity index (χ0) is 29.7. The van der Waals surface area contributed by atoms with Crippen LogP contribution in [0.5, 0.6) is 0 Å². The van der Waals surface area contributed by atoms with E-state index in [9.17, 15) is 0 Å². The number of methoxy groups -OCH3 is 1. The molecular formula is C29H26ClN7O4S2. The maximum Gasteiger partial charge on any atom is 0.195 e. The van der Waals surface area contributed by atoms with Crippen molar-refractivity contribution in [3.8, 4) is 11.4 Å². The van der Waals surface area contributed by atoms with Crippen molar-refractivity contribution in [1.29, 1.82) is 0 Å². The fourth-order valence-corrected chi connectivity index (χ4v) is 7.75. The number of ether oxygens (including phenoxy) is 4. The Morgan fingerprint density at radius 1 is 1.05 bits per heavy atom. The fourth-order valence-electron chi connectivity index (χ4n) is 6.13. The van der Waals surface area contributed by atoms with Gasteiger partial charge < -0.3 is 24.7 Å². The van der Waals surface area contributed by atoms with Crippen LogP contribution in [0, 0.1) is 0 Å². The van der Waals surface area contributed by atoms with E-state index >= 15 is 0 Å². The zero-order valence-corrected chi connectivity index (χ0v) is 25.2. The summed E-state index contributed by atoms with van der Waals surface area (Å²) in [6, 6.07) is 17.1. The van der Waals surface area contributed by atoms with E-state index in [4.69, 9.17) is 54.1 Å². The van der Waals surface area contributed by atoms with Gasteiger partial charge in [0.25, 0.3) is 0 Å². The van der Waals surface area contributed by atoms with E-state index < -0.39 is 34.0 Å².